The van der Waals surface area contributed by atoms with Gasteiger partial charge in [-0.05, 0) is 12.3 Å². The molecule has 1 fully saturated rings. The average Bonchev–Trinajstić information content (AvgIpc) is 2.71. The Morgan fingerprint density at radius 1 is 1.35 bits per heavy atom. The number of hydrogen-bond donors (Lipinski definition) is 1. The number of nitrogens with two attached hydrogens (primary N) is 1. The summed E-state index contributed by atoms with van der Waals surface area (Å²) in [7, 11) is 0. The minimum Gasteiger partial charge on any atom is -0.381 e. The quantitative estimate of drug-likeness (QED) is 0.871. The third-order valence-electron chi connectivity index (χ3n) is 3.99. The number of anilines is 1. The first-order valence-corrected chi connectivity index (χ1v) is 6.64. The molecule has 0 aromatic carbocycles. The summed E-state index contributed by atoms with van der Waals surface area (Å²) in [5.74, 6) is -1.94. The minimum absolute atomic E-state index is 0.0599. The largest absolute Gasteiger partial charge is 0.381 e. The second-order valence-corrected chi connectivity index (χ2v) is 6.14. The van der Waals surface area contributed by atoms with Crippen LogP contribution in [0.3, 0.4) is 0 Å². The molecule has 20 heavy (non-hydrogen) atoms. The summed E-state index contributed by atoms with van der Waals surface area (Å²) in [5, 5.41) is 8.10. The van der Waals surface area contributed by atoms with Crippen LogP contribution in [0.25, 0.3) is 5.65 Å². The molecule has 0 aliphatic heterocycles. The molecule has 0 radical (unpaired) electrons. The Kier molecular flexibility index (Phi) is 2.71. The van der Waals surface area contributed by atoms with Gasteiger partial charge in [-0.2, -0.15) is 0 Å². The molecule has 2 aromatic heterocycles. The second-order valence-electron chi connectivity index (χ2n) is 6.14. The lowest BCUT2D eigenvalue weighted by Crippen LogP contribution is -2.41. The highest BCUT2D eigenvalue weighted by Gasteiger charge is 2.48. The van der Waals surface area contributed by atoms with Crippen molar-refractivity contribution in [3.63, 3.8) is 0 Å². The zero-order valence-electron chi connectivity index (χ0n) is 11.5. The van der Waals surface area contributed by atoms with Crippen LogP contribution >= 0.6 is 0 Å². The van der Waals surface area contributed by atoms with Crippen LogP contribution in [0, 0.1) is 5.92 Å². The van der Waals surface area contributed by atoms with E-state index in [1.807, 2.05) is 13.8 Å². The molecule has 0 bridgehead atoms. The first-order chi connectivity index (χ1) is 9.31. The number of halogens is 2. The van der Waals surface area contributed by atoms with Crippen molar-refractivity contribution in [2.75, 3.05) is 5.73 Å². The summed E-state index contributed by atoms with van der Waals surface area (Å²) in [6.07, 6.45) is 3.58. The topological polar surface area (TPSA) is 69.1 Å². The van der Waals surface area contributed by atoms with Crippen LogP contribution < -0.4 is 5.73 Å². The van der Waals surface area contributed by atoms with Crippen LogP contribution in [0.1, 0.15) is 38.9 Å². The van der Waals surface area contributed by atoms with Gasteiger partial charge >= 0.3 is 0 Å². The summed E-state index contributed by atoms with van der Waals surface area (Å²) in [6, 6.07) is 0. The van der Waals surface area contributed by atoms with Crippen molar-refractivity contribution in [3.8, 4) is 0 Å². The standard InChI is InChI=1S/C13H17F2N5/c1-8-5-12(2,7-13(14,15)6-8)11-19-18-10-9(16)17-3-4-20(10)11/h3-4,8H,5-7H2,1-2H3,(H2,16,17). The normalized spacial score (nSPS) is 29.7. The molecule has 0 amide bonds. The highest BCUT2D eigenvalue weighted by Crippen LogP contribution is 2.47. The SMILES string of the molecule is CC1CC(F)(F)CC(C)(c2nnc3c(N)nccn23)C1. The highest BCUT2D eigenvalue weighted by atomic mass is 19.3. The van der Waals surface area contributed by atoms with E-state index in [0.717, 1.165) is 0 Å². The van der Waals surface area contributed by atoms with Gasteiger partial charge in [-0.15, -0.1) is 10.2 Å². The van der Waals surface area contributed by atoms with E-state index < -0.39 is 11.3 Å². The summed E-state index contributed by atoms with van der Waals surface area (Å²) in [6.45, 7) is 3.67. The molecule has 1 aliphatic rings. The molecule has 2 heterocycles. The molecule has 7 heteroatoms. The summed E-state index contributed by atoms with van der Waals surface area (Å²) >= 11 is 0. The molecule has 5 nitrogen and oxygen atoms in total. The molecule has 2 unspecified atom stereocenters. The number of hydrogen-bond acceptors (Lipinski definition) is 4. The summed E-state index contributed by atoms with van der Waals surface area (Å²) in [4.78, 5) is 3.94. The van der Waals surface area contributed by atoms with Gasteiger partial charge in [0.1, 0.15) is 5.82 Å². The van der Waals surface area contributed by atoms with Gasteiger partial charge in [0.05, 0.1) is 0 Å². The van der Waals surface area contributed by atoms with Crippen molar-refractivity contribution < 1.29 is 8.78 Å². The smallest absolute Gasteiger partial charge is 0.249 e. The van der Waals surface area contributed by atoms with E-state index in [1.54, 1.807) is 10.6 Å². The Labute approximate surface area is 115 Å². The number of aromatic nitrogens is 4. The van der Waals surface area contributed by atoms with Crippen LogP contribution in [0.2, 0.25) is 0 Å². The van der Waals surface area contributed by atoms with Crippen molar-refractivity contribution in [3.05, 3.63) is 18.2 Å². The second kappa shape index (κ2) is 4.10. The van der Waals surface area contributed by atoms with Crippen molar-refractivity contribution in [2.24, 2.45) is 5.92 Å². The van der Waals surface area contributed by atoms with Crippen LogP contribution in [-0.4, -0.2) is 25.5 Å². The monoisotopic (exact) mass is 281 g/mol. The van der Waals surface area contributed by atoms with Gasteiger partial charge in [0.2, 0.25) is 11.6 Å². The van der Waals surface area contributed by atoms with Crippen molar-refractivity contribution >= 4 is 11.5 Å². The Bertz CT molecular complexity index is 653. The zero-order valence-corrected chi connectivity index (χ0v) is 11.5. The van der Waals surface area contributed by atoms with Gasteiger partial charge in [0.25, 0.3) is 0 Å². The molecule has 1 aliphatic carbocycles. The molecule has 2 aromatic rings. The number of rotatable bonds is 1. The van der Waals surface area contributed by atoms with Crippen molar-refractivity contribution in [1.82, 2.24) is 19.6 Å². The number of alkyl halides is 2. The van der Waals surface area contributed by atoms with E-state index in [4.69, 9.17) is 5.73 Å². The average molecular weight is 281 g/mol. The van der Waals surface area contributed by atoms with E-state index in [9.17, 15) is 8.78 Å². The summed E-state index contributed by atoms with van der Waals surface area (Å²) < 4.78 is 29.5. The van der Waals surface area contributed by atoms with Gasteiger partial charge in [-0.1, -0.05) is 13.8 Å². The van der Waals surface area contributed by atoms with Crippen LogP contribution in [0.4, 0.5) is 14.6 Å². The molecule has 3 rings (SSSR count). The fraction of sp³-hybridized carbons (Fsp3) is 0.615. The molecular weight excluding hydrogens is 264 g/mol. The lowest BCUT2D eigenvalue weighted by molar-refractivity contribution is -0.0770. The van der Waals surface area contributed by atoms with Gasteiger partial charge in [-0.25, -0.2) is 13.8 Å². The maximum absolute atomic E-state index is 13.9. The van der Waals surface area contributed by atoms with E-state index in [1.165, 1.54) is 6.20 Å². The van der Waals surface area contributed by atoms with E-state index in [-0.39, 0.29) is 24.6 Å². The fourth-order valence-electron chi connectivity index (χ4n) is 3.49. The molecule has 108 valence electrons. The lowest BCUT2D eigenvalue weighted by Gasteiger charge is -2.39. The fourth-order valence-corrected chi connectivity index (χ4v) is 3.49. The van der Waals surface area contributed by atoms with Crippen LogP contribution in [0.5, 0.6) is 0 Å². The van der Waals surface area contributed by atoms with Gasteiger partial charge in [0.15, 0.2) is 5.82 Å². The van der Waals surface area contributed by atoms with E-state index in [2.05, 4.69) is 15.2 Å². The van der Waals surface area contributed by atoms with Crippen molar-refractivity contribution in [1.29, 1.82) is 0 Å². The Morgan fingerprint density at radius 2 is 2.10 bits per heavy atom. The predicted octanol–water partition coefficient (Wildman–Crippen LogP) is 2.42. The number of nitrogen functional groups attached to an aromatic ring is 1. The van der Waals surface area contributed by atoms with Gasteiger partial charge in [0, 0.05) is 30.7 Å². The Hall–Kier alpha value is -1.79. The van der Waals surface area contributed by atoms with Crippen molar-refractivity contribution in [2.45, 2.75) is 44.4 Å². The first-order valence-electron chi connectivity index (χ1n) is 6.64. The van der Waals surface area contributed by atoms with E-state index >= 15 is 0 Å². The molecule has 0 saturated heterocycles. The summed E-state index contributed by atoms with van der Waals surface area (Å²) in [5.41, 5.74) is 5.45. The third-order valence-corrected chi connectivity index (χ3v) is 3.99. The zero-order chi connectivity index (χ0) is 14.5. The Morgan fingerprint density at radius 3 is 2.80 bits per heavy atom. The van der Waals surface area contributed by atoms with Crippen LogP contribution in [0.15, 0.2) is 12.4 Å². The molecular formula is C13H17F2N5. The third kappa shape index (κ3) is 2.01. The van der Waals surface area contributed by atoms with Crippen LogP contribution in [-0.2, 0) is 5.41 Å². The molecule has 0 spiro atoms. The van der Waals surface area contributed by atoms with Gasteiger partial charge in [-0.3, -0.25) is 4.40 Å². The highest BCUT2D eigenvalue weighted by molar-refractivity contribution is 5.58. The molecule has 1 saturated carbocycles. The Balaban J connectivity index is 2.12. The van der Waals surface area contributed by atoms with Gasteiger partial charge < -0.3 is 5.73 Å². The minimum atomic E-state index is -2.67. The van der Waals surface area contributed by atoms with E-state index in [0.29, 0.717) is 17.9 Å². The molecule has 2 atom stereocenters. The predicted molar refractivity (Wildman–Crippen MR) is 70.5 cm³/mol. The lowest BCUT2D eigenvalue weighted by atomic mass is 9.69. The number of nitrogens with zero attached hydrogens (tertiary/aromatic N) is 4. The first kappa shape index (κ1) is 13.2. The maximum Gasteiger partial charge on any atom is 0.249 e. The molecule has 2 N–H and O–H groups in total. The maximum atomic E-state index is 13.9. The number of fused-ring (bicyclic) bond motifs is 1.